The largest absolute Gasteiger partial charge is 0.267 e. The van der Waals surface area contributed by atoms with Gasteiger partial charge >= 0.3 is 0 Å². The van der Waals surface area contributed by atoms with Crippen LogP contribution in [0.5, 0.6) is 0 Å². The van der Waals surface area contributed by atoms with Crippen LogP contribution in [0.25, 0.3) is 5.65 Å². The number of hydrogen-bond acceptors (Lipinski definition) is 2. The van der Waals surface area contributed by atoms with E-state index in [0.29, 0.717) is 9.79 Å². The summed E-state index contributed by atoms with van der Waals surface area (Å²) >= 11 is 10.6. The van der Waals surface area contributed by atoms with Crippen molar-refractivity contribution in [1.82, 2.24) is 14.6 Å². The first-order valence-electron chi connectivity index (χ1n) is 3.00. The van der Waals surface area contributed by atoms with Crippen LogP contribution in [0, 0.1) is 4.77 Å². The zero-order valence-electron chi connectivity index (χ0n) is 5.41. The van der Waals surface area contributed by atoms with Crippen molar-refractivity contribution in [3.05, 3.63) is 28.1 Å². The fraction of sp³-hybridized carbons (Fsp3) is 0. The molecule has 0 atom stereocenters. The molecular weight excluding hydrogens is 182 g/mol. The van der Waals surface area contributed by atoms with E-state index in [1.54, 1.807) is 22.8 Å². The molecule has 2 heterocycles. The van der Waals surface area contributed by atoms with Crippen molar-refractivity contribution >= 4 is 29.5 Å². The van der Waals surface area contributed by atoms with E-state index in [0.717, 1.165) is 5.65 Å². The average Bonchev–Trinajstić information content (AvgIpc) is 2.27. The summed E-state index contributed by atoms with van der Waals surface area (Å²) in [6.45, 7) is 0. The SMILES string of the molecule is S=c1nc2cc(Cl)ccn2[nH]1. The summed E-state index contributed by atoms with van der Waals surface area (Å²) in [5, 5.41) is 3.51. The van der Waals surface area contributed by atoms with E-state index in [9.17, 15) is 0 Å². The van der Waals surface area contributed by atoms with Gasteiger partial charge in [0.05, 0.1) is 0 Å². The monoisotopic (exact) mass is 185 g/mol. The topological polar surface area (TPSA) is 33.1 Å². The third-order valence-corrected chi connectivity index (χ3v) is 1.75. The Morgan fingerprint density at radius 1 is 1.64 bits per heavy atom. The van der Waals surface area contributed by atoms with Gasteiger partial charge in [-0.2, -0.15) is 4.98 Å². The second-order valence-corrected chi connectivity index (χ2v) is 2.93. The van der Waals surface area contributed by atoms with Crippen molar-refractivity contribution in [2.45, 2.75) is 0 Å². The number of nitrogens with zero attached hydrogens (tertiary/aromatic N) is 2. The van der Waals surface area contributed by atoms with Gasteiger partial charge in [0, 0.05) is 17.3 Å². The maximum Gasteiger partial charge on any atom is 0.214 e. The zero-order valence-corrected chi connectivity index (χ0v) is 6.99. The second kappa shape index (κ2) is 2.32. The van der Waals surface area contributed by atoms with Gasteiger partial charge < -0.3 is 0 Å². The van der Waals surface area contributed by atoms with Crippen molar-refractivity contribution < 1.29 is 0 Å². The number of hydrogen-bond donors (Lipinski definition) is 1. The molecule has 0 saturated carbocycles. The summed E-state index contributed by atoms with van der Waals surface area (Å²) in [7, 11) is 0. The van der Waals surface area contributed by atoms with Crippen LogP contribution in [-0.2, 0) is 0 Å². The molecule has 2 rings (SSSR count). The van der Waals surface area contributed by atoms with Crippen molar-refractivity contribution in [1.29, 1.82) is 0 Å². The molecule has 0 bridgehead atoms. The van der Waals surface area contributed by atoms with Gasteiger partial charge in [-0.05, 0) is 18.3 Å². The van der Waals surface area contributed by atoms with Gasteiger partial charge in [0.25, 0.3) is 0 Å². The summed E-state index contributed by atoms with van der Waals surface area (Å²) < 4.78 is 2.18. The molecule has 5 heteroatoms. The lowest BCUT2D eigenvalue weighted by molar-refractivity contribution is 0.952. The highest BCUT2D eigenvalue weighted by Gasteiger charge is 1.94. The Morgan fingerprint density at radius 3 is 3.27 bits per heavy atom. The van der Waals surface area contributed by atoms with Gasteiger partial charge in [-0.25, -0.2) is 4.52 Å². The summed E-state index contributed by atoms with van der Waals surface area (Å²) in [6.07, 6.45) is 1.78. The molecule has 3 nitrogen and oxygen atoms in total. The van der Waals surface area contributed by atoms with Gasteiger partial charge in [0.2, 0.25) is 4.77 Å². The van der Waals surface area contributed by atoms with Crippen molar-refractivity contribution in [2.75, 3.05) is 0 Å². The molecule has 0 aliphatic rings. The first kappa shape index (κ1) is 6.82. The van der Waals surface area contributed by atoms with Crippen molar-refractivity contribution in [3.63, 3.8) is 0 Å². The molecule has 2 aromatic heterocycles. The van der Waals surface area contributed by atoms with Crippen LogP contribution in [0.3, 0.4) is 0 Å². The molecule has 0 spiro atoms. The second-order valence-electron chi connectivity index (χ2n) is 2.10. The number of H-pyrrole nitrogens is 1. The lowest BCUT2D eigenvalue weighted by Crippen LogP contribution is -1.84. The van der Waals surface area contributed by atoms with Crippen molar-refractivity contribution in [3.8, 4) is 0 Å². The Hall–Kier alpha value is -0.870. The Kier molecular flexibility index (Phi) is 1.44. The van der Waals surface area contributed by atoms with Gasteiger partial charge in [0.1, 0.15) is 0 Å². The molecule has 56 valence electrons. The summed E-state index contributed by atoms with van der Waals surface area (Å²) in [4.78, 5) is 4.01. The number of aromatic nitrogens is 3. The van der Waals surface area contributed by atoms with Crippen LogP contribution in [0.2, 0.25) is 5.02 Å². The van der Waals surface area contributed by atoms with Gasteiger partial charge in [-0.15, -0.1) is 0 Å². The summed E-state index contributed by atoms with van der Waals surface area (Å²) in [6, 6.07) is 3.51. The summed E-state index contributed by atoms with van der Waals surface area (Å²) in [5.74, 6) is 0. The smallest absolute Gasteiger partial charge is 0.214 e. The molecule has 0 aliphatic carbocycles. The number of halogens is 1. The minimum atomic E-state index is 0.465. The van der Waals surface area contributed by atoms with E-state index in [-0.39, 0.29) is 0 Å². The van der Waals surface area contributed by atoms with Crippen LogP contribution in [-0.4, -0.2) is 14.6 Å². The Labute approximate surface area is 72.6 Å². The van der Waals surface area contributed by atoms with Crippen LogP contribution in [0.4, 0.5) is 0 Å². The van der Waals surface area contributed by atoms with E-state index >= 15 is 0 Å². The lowest BCUT2D eigenvalue weighted by atomic mass is 10.5. The van der Waals surface area contributed by atoms with Gasteiger partial charge in [-0.3, -0.25) is 5.10 Å². The van der Waals surface area contributed by atoms with Gasteiger partial charge in [0.15, 0.2) is 5.65 Å². The predicted molar refractivity (Wildman–Crippen MR) is 45.4 cm³/mol. The van der Waals surface area contributed by atoms with Crippen LogP contribution >= 0.6 is 23.8 Å². The third-order valence-electron chi connectivity index (χ3n) is 1.33. The van der Waals surface area contributed by atoms with Crippen LogP contribution < -0.4 is 0 Å². The zero-order chi connectivity index (χ0) is 7.84. The van der Waals surface area contributed by atoms with E-state index in [1.807, 2.05) is 0 Å². The molecule has 2 aromatic rings. The maximum atomic E-state index is 5.73. The fourth-order valence-electron chi connectivity index (χ4n) is 0.876. The predicted octanol–water partition coefficient (Wildman–Crippen LogP) is 2.05. The minimum absolute atomic E-state index is 0.465. The first-order chi connectivity index (χ1) is 5.25. The van der Waals surface area contributed by atoms with Crippen LogP contribution in [0.15, 0.2) is 18.3 Å². The summed E-state index contributed by atoms with van der Waals surface area (Å²) in [5.41, 5.74) is 0.738. The van der Waals surface area contributed by atoms with E-state index in [2.05, 4.69) is 10.1 Å². The first-order valence-corrected chi connectivity index (χ1v) is 3.78. The standard InChI is InChI=1S/C6H4ClN3S/c7-4-1-2-10-5(3-4)8-6(11)9-10/h1-3H,(H,9,11). The number of aromatic amines is 1. The van der Waals surface area contributed by atoms with E-state index < -0.39 is 0 Å². The number of pyridine rings is 1. The normalized spacial score (nSPS) is 10.6. The Balaban J connectivity index is 2.92. The number of rotatable bonds is 0. The molecule has 0 unspecified atom stereocenters. The minimum Gasteiger partial charge on any atom is -0.267 e. The molecule has 0 aliphatic heterocycles. The van der Waals surface area contributed by atoms with E-state index in [1.165, 1.54) is 0 Å². The average molecular weight is 186 g/mol. The molecule has 0 amide bonds. The quantitative estimate of drug-likeness (QED) is 0.638. The maximum absolute atomic E-state index is 5.73. The number of nitrogens with one attached hydrogen (secondary N) is 1. The highest BCUT2D eigenvalue weighted by Crippen LogP contribution is 2.09. The van der Waals surface area contributed by atoms with Gasteiger partial charge in [-0.1, -0.05) is 11.6 Å². The Bertz CT molecular complexity index is 444. The molecule has 11 heavy (non-hydrogen) atoms. The number of fused-ring (bicyclic) bond motifs is 1. The molecule has 0 saturated heterocycles. The highest BCUT2D eigenvalue weighted by atomic mass is 35.5. The molecule has 0 aromatic carbocycles. The Morgan fingerprint density at radius 2 is 2.45 bits per heavy atom. The van der Waals surface area contributed by atoms with Crippen molar-refractivity contribution in [2.24, 2.45) is 0 Å². The van der Waals surface area contributed by atoms with E-state index in [4.69, 9.17) is 23.8 Å². The molecule has 0 fully saturated rings. The third kappa shape index (κ3) is 1.15. The lowest BCUT2D eigenvalue weighted by Gasteiger charge is -1.90. The van der Waals surface area contributed by atoms with Crippen LogP contribution in [0.1, 0.15) is 0 Å². The molecule has 0 radical (unpaired) electrons. The molecule has 1 N–H and O–H groups in total. The highest BCUT2D eigenvalue weighted by molar-refractivity contribution is 7.71. The molecular formula is C6H4ClN3S. The fourth-order valence-corrected chi connectivity index (χ4v) is 1.22.